The van der Waals surface area contributed by atoms with Crippen molar-refractivity contribution < 1.29 is 4.79 Å². The molecule has 0 radical (unpaired) electrons. The van der Waals surface area contributed by atoms with E-state index in [2.05, 4.69) is 105 Å². The second-order valence-electron chi connectivity index (χ2n) is 8.46. The number of halogens is 4. The lowest BCUT2D eigenvalue weighted by atomic mass is 9.85. The van der Waals surface area contributed by atoms with E-state index in [1.807, 2.05) is 24.3 Å². The summed E-state index contributed by atoms with van der Waals surface area (Å²) in [7, 11) is 0. The van der Waals surface area contributed by atoms with Crippen molar-refractivity contribution in [2.45, 2.75) is 52.4 Å². The fourth-order valence-electron chi connectivity index (χ4n) is 2.57. The molecule has 0 spiro atoms. The molecule has 1 nitrogen and oxygen atoms in total. The van der Waals surface area contributed by atoms with E-state index in [9.17, 15) is 4.79 Å². The number of carbonyl (C=O) groups excluding carboxylic acids is 1. The van der Waals surface area contributed by atoms with Crippen LogP contribution in [0.2, 0.25) is 0 Å². The first-order valence-electron chi connectivity index (χ1n) is 8.27. The molecule has 0 aliphatic carbocycles. The monoisotopic (exact) mass is 606 g/mol. The van der Waals surface area contributed by atoms with E-state index in [4.69, 9.17) is 0 Å². The van der Waals surface area contributed by atoms with Gasteiger partial charge < -0.3 is 0 Å². The Bertz CT molecular complexity index is 753. The lowest BCUT2D eigenvalue weighted by Gasteiger charge is -2.22. The molecule has 0 aromatic heterocycles. The van der Waals surface area contributed by atoms with Gasteiger partial charge in [-0.1, -0.05) is 41.5 Å². The Morgan fingerprint density at radius 1 is 0.615 bits per heavy atom. The molecule has 0 unspecified atom stereocenters. The lowest BCUT2D eigenvalue weighted by molar-refractivity contribution is 0.103. The second kappa shape index (κ2) is 7.81. The van der Waals surface area contributed by atoms with Crippen LogP contribution in [0.1, 0.15) is 68.6 Å². The molecular weight excluding hydrogens is 588 g/mol. The number of rotatable bonds is 2. The molecule has 2 aromatic rings. The molecule has 2 aromatic carbocycles. The third-order valence-electron chi connectivity index (χ3n) is 4.27. The maximum absolute atomic E-state index is 13.3. The minimum absolute atomic E-state index is 0.00212. The van der Waals surface area contributed by atoms with Gasteiger partial charge in [-0.05, 0) is 110 Å². The third-order valence-corrected chi connectivity index (χ3v) is 6.77. The molecule has 0 amide bonds. The van der Waals surface area contributed by atoms with E-state index in [0.29, 0.717) is 11.1 Å². The first kappa shape index (κ1) is 22.3. The predicted molar refractivity (Wildman–Crippen MR) is 125 cm³/mol. The summed E-state index contributed by atoms with van der Waals surface area (Å²) in [5, 5.41) is 0. The molecule has 0 N–H and O–H groups in total. The van der Waals surface area contributed by atoms with Crippen LogP contribution in [-0.2, 0) is 10.8 Å². The Morgan fingerprint density at radius 3 is 1.04 bits per heavy atom. The van der Waals surface area contributed by atoms with E-state index in [0.717, 1.165) is 29.0 Å². The van der Waals surface area contributed by atoms with E-state index in [-0.39, 0.29) is 16.6 Å². The highest BCUT2D eigenvalue weighted by Gasteiger charge is 2.26. The van der Waals surface area contributed by atoms with E-state index >= 15 is 0 Å². The summed E-state index contributed by atoms with van der Waals surface area (Å²) in [6.45, 7) is 12.9. The van der Waals surface area contributed by atoms with Gasteiger partial charge in [0.25, 0.3) is 0 Å². The summed E-state index contributed by atoms with van der Waals surface area (Å²) >= 11 is 14.4. The van der Waals surface area contributed by atoms with Crippen LogP contribution in [0.5, 0.6) is 0 Å². The minimum Gasteiger partial charge on any atom is -0.288 e. The first-order valence-corrected chi connectivity index (χ1v) is 11.4. The molecule has 0 aliphatic rings. The highest BCUT2D eigenvalue weighted by molar-refractivity contribution is 9.11. The van der Waals surface area contributed by atoms with Crippen LogP contribution in [0.25, 0.3) is 0 Å². The second-order valence-corrected chi connectivity index (χ2v) is 11.9. The van der Waals surface area contributed by atoms with Crippen molar-refractivity contribution in [2.24, 2.45) is 0 Å². The average molecular weight is 610 g/mol. The van der Waals surface area contributed by atoms with Gasteiger partial charge in [0.1, 0.15) is 0 Å². The molecule has 140 valence electrons. The highest BCUT2D eigenvalue weighted by atomic mass is 79.9. The van der Waals surface area contributed by atoms with Gasteiger partial charge in [-0.2, -0.15) is 0 Å². The zero-order valence-corrected chi connectivity index (χ0v) is 22.1. The average Bonchev–Trinajstić information content (AvgIpc) is 2.43. The van der Waals surface area contributed by atoms with E-state index < -0.39 is 0 Å². The molecule has 0 bridgehead atoms. The molecule has 0 aliphatic heterocycles. The number of ketones is 1. The van der Waals surface area contributed by atoms with Crippen molar-refractivity contribution in [2.75, 3.05) is 0 Å². The van der Waals surface area contributed by atoms with Crippen LogP contribution in [0.15, 0.2) is 42.2 Å². The summed E-state index contributed by atoms with van der Waals surface area (Å²) < 4.78 is 3.17. The van der Waals surface area contributed by atoms with Gasteiger partial charge in [-0.25, -0.2) is 0 Å². The van der Waals surface area contributed by atoms with Crippen LogP contribution in [0.3, 0.4) is 0 Å². The molecule has 0 fully saturated rings. The van der Waals surface area contributed by atoms with Crippen LogP contribution in [0.4, 0.5) is 0 Å². The van der Waals surface area contributed by atoms with Crippen molar-refractivity contribution in [1.82, 2.24) is 0 Å². The zero-order valence-electron chi connectivity index (χ0n) is 15.7. The fraction of sp³-hybridized carbons (Fsp3) is 0.381. The molecule has 0 atom stereocenters. The van der Waals surface area contributed by atoms with Gasteiger partial charge in [0.15, 0.2) is 5.78 Å². The van der Waals surface area contributed by atoms with Gasteiger partial charge >= 0.3 is 0 Å². The first-order chi connectivity index (χ1) is 11.7. The number of hydrogen-bond donors (Lipinski definition) is 0. The number of hydrogen-bond acceptors (Lipinski definition) is 1. The zero-order chi connectivity index (χ0) is 20.0. The van der Waals surface area contributed by atoms with Crippen LogP contribution in [-0.4, -0.2) is 5.78 Å². The Balaban J connectivity index is 2.61. The fourth-order valence-corrected chi connectivity index (χ4v) is 5.66. The standard InChI is InChI=1S/C21H22Br4O/c1-20(2,3)11-7-13(22)17(14(23)8-11)19(26)18-15(24)9-12(10-16(18)25)21(4,5)6/h7-10H,1-6H3. The summed E-state index contributed by atoms with van der Waals surface area (Å²) in [5.41, 5.74) is 3.58. The number of carbonyl (C=O) groups is 1. The minimum atomic E-state index is -0.0385. The molecule has 0 saturated heterocycles. The van der Waals surface area contributed by atoms with Gasteiger partial charge in [0.05, 0.1) is 11.1 Å². The van der Waals surface area contributed by atoms with Gasteiger partial charge in [0, 0.05) is 17.9 Å². The third kappa shape index (κ3) is 4.71. The van der Waals surface area contributed by atoms with E-state index in [1.54, 1.807) is 0 Å². The molecule has 26 heavy (non-hydrogen) atoms. The summed E-state index contributed by atoms with van der Waals surface area (Å²) in [6.07, 6.45) is 0. The molecule has 0 saturated carbocycles. The highest BCUT2D eigenvalue weighted by Crippen LogP contribution is 2.38. The van der Waals surface area contributed by atoms with E-state index in [1.165, 1.54) is 0 Å². The van der Waals surface area contributed by atoms with Crippen molar-refractivity contribution >= 4 is 69.5 Å². The van der Waals surface area contributed by atoms with Gasteiger partial charge in [0.2, 0.25) is 0 Å². The Labute approximate surface area is 189 Å². The number of benzene rings is 2. The van der Waals surface area contributed by atoms with Crippen LogP contribution in [0, 0.1) is 0 Å². The quantitative estimate of drug-likeness (QED) is 0.312. The Kier molecular flexibility index (Phi) is 6.70. The summed E-state index contributed by atoms with van der Waals surface area (Å²) in [5.74, 6) is -0.0385. The summed E-state index contributed by atoms with van der Waals surface area (Å²) in [4.78, 5) is 13.3. The smallest absolute Gasteiger partial charge is 0.197 e. The van der Waals surface area contributed by atoms with Crippen molar-refractivity contribution in [1.29, 1.82) is 0 Å². The Hall–Kier alpha value is 0.0300. The van der Waals surface area contributed by atoms with Gasteiger partial charge in [-0.3, -0.25) is 4.79 Å². The SMILES string of the molecule is CC(C)(C)c1cc(Br)c(C(=O)c2c(Br)cc(C(C)(C)C)cc2Br)c(Br)c1. The maximum atomic E-state index is 13.3. The Morgan fingerprint density at radius 2 is 0.846 bits per heavy atom. The van der Waals surface area contributed by atoms with Gasteiger partial charge in [-0.15, -0.1) is 0 Å². The molecular formula is C21H22Br4O. The van der Waals surface area contributed by atoms with Crippen molar-refractivity contribution in [3.05, 3.63) is 64.4 Å². The topological polar surface area (TPSA) is 17.1 Å². The normalized spacial score (nSPS) is 12.4. The molecule has 0 heterocycles. The summed E-state index contributed by atoms with van der Waals surface area (Å²) in [6, 6.07) is 8.12. The van der Waals surface area contributed by atoms with Crippen molar-refractivity contribution in [3.8, 4) is 0 Å². The molecule has 2 rings (SSSR count). The van der Waals surface area contributed by atoms with Crippen LogP contribution < -0.4 is 0 Å². The van der Waals surface area contributed by atoms with Crippen molar-refractivity contribution in [3.63, 3.8) is 0 Å². The van der Waals surface area contributed by atoms with Crippen LogP contribution >= 0.6 is 63.7 Å². The largest absolute Gasteiger partial charge is 0.288 e. The maximum Gasteiger partial charge on any atom is 0.197 e. The lowest BCUT2D eigenvalue weighted by Crippen LogP contribution is -2.15. The predicted octanol–water partition coefficient (Wildman–Crippen LogP) is 8.56. The molecule has 5 heteroatoms.